The molecule has 10 heteroatoms. The average Bonchev–Trinajstić information content (AvgIpc) is 2.77. The van der Waals surface area contributed by atoms with Gasteiger partial charge < -0.3 is 35.7 Å². The largest absolute Gasteiger partial charge is 0.394 e. The Bertz CT molecular complexity index is 975. The van der Waals surface area contributed by atoms with Gasteiger partial charge in [0.15, 0.2) is 6.10 Å². The smallest absolute Gasteiger partial charge is 0.256 e. The zero-order valence-corrected chi connectivity index (χ0v) is 18.8. The van der Waals surface area contributed by atoms with Gasteiger partial charge in [-0.1, -0.05) is 35.3 Å². The standard InChI is InChI=1S/C22H26Cl2N2O6/c1-26-8-15(14-6-12(23)7-17(24)16(14)9-26)11-3-2-4-13(5-11)25-22(32)21(31)20(30)19(29)18(28)10-27/h2-7,15,18-21,27-31H,8-10H2,1H3,(H,25,32)/t15?,18-,19+,20-,21+/m0/s1. The summed E-state index contributed by atoms with van der Waals surface area (Å²) < 4.78 is 0. The predicted octanol–water partition coefficient (Wildman–Crippen LogP) is 0.945. The first-order valence-electron chi connectivity index (χ1n) is 10.0. The second-order valence-electron chi connectivity index (χ2n) is 8.00. The maximum absolute atomic E-state index is 12.4. The highest BCUT2D eigenvalue weighted by Crippen LogP contribution is 2.38. The molecule has 0 fully saturated rings. The minimum atomic E-state index is -2.02. The van der Waals surface area contributed by atoms with Gasteiger partial charge in [0.25, 0.3) is 5.91 Å². The lowest BCUT2D eigenvalue weighted by Crippen LogP contribution is -2.50. The molecular weight excluding hydrogens is 459 g/mol. The lowest BCUT2D eigenvalue weighted by molar-refractivity contribution is -0.144. The number of hydrogen-bond donors (Lipinski definition) is 6. The van der Waals surface area contributed by atoms with E-state index in [1.807, 2.05) is 19.2 Å². The number of nitrogens with zero attached hydrogens (tertiary/aromatic N) is 1. The summed E-state index contributed by atoms with van der Waals surface area (Å²) in [5.74, 6) is -1.03. The van der Waals surface area contributed by atoms with Crippen LogP contribution in [0.15, 0.2) is 36.4 Å². The van der Waals surface area contributed by atoms with Crippen molar-refractivity contribution < 1.29 is 30.3 Å². The average molecular weight is 485 g/mol. The number of anilines is 1. The molecule has 2 aromatic rings. The first-order chi connectivity index (χ1) is 15.1. The van der Waals surface area contributed by atoms with Crippen LogP contribution in [0.3, 0.4) is 0 Å². The summed E-state index contributed by atoms with van der Waals surface area (Å²) in [4.78, 5) is 14.5. The van der Waals surface area contributed by atoms with E-state index in [9.17, 15) is 25.2 Å². The van der Waals surface area contributed by atoms with Gasteiger partial charge in [0.1, 0.15) is 18.3 Å². The number of carbonyl (C=O) groups is 1. The van der Waals surface area contributed by atoms with Gasteiger partial charge in [-0.2, -0.15) is 0 Å². The first-order valence-corrected chi connectivity index (χ1v) is 10.8. The van der Waals surface area contributed by atoms with E-state index in [4.69, 9.17) is 28.3 Å². The van der Waals surface area contributed by atoms with Crippen molar-refractivity contribution in [3.8, 4) is 0 Å². The van der Waals surface area contributed by atoms with Crippen LogP contribution < -0.4 is 5.32 Å². The lowest BCUT2D eigenvalue weighted by atomic mass is 9.84. The summed E-state index contributed by atoms with van der Waals surface area (Å²) in [6, 6.07) is 10.6. The van der Waals surface area contributed by atoms with E-state index in [-0.39, 0.29) is 5.92 Å². The molecule has 0 radical (unpaired) electrons. The molecule has 2 aromatic carbocycles. The van der Waals surface area contributed by atoms with Gasteiger partial charge in [-0.15, -0.1) is 0 Å². The molecule has 1 aliphatic heterocycles. The van der Waals surface area contributed by atoms with Gasteiger partial charge in [-0.05, 0) is 48.0 Å². The van der Waals surface area contributed by atoms with Gasteiger partial charge in [-0.25, -0.2) is 0 Å². The lowest BCUT2D eigenvalue weighted by Gasteiger charge is -2.33. The quantitative estimate of drug-likeness (QED) is 0.344. The van der Waals surface area contributed by atoms with Gasteiger partial charge >= 0.3 is 0 Å². The number of nitrogens with one attached hydrogen (secondary N) is 1. The normalized spacial score (nSPS) is 20.2. The molecule has 174 valence electrons. The number of amides is 1. The Morgan fingerprint density at radius 3 is 2.56 bits per heavy atom. The summed E-state index contributed by atoms with van der Waals surface area (Å²) in [7, 11) is 1.98. The molecule has 1 amide bonds. The van der Waals surface area contributed by atoms with Crippen molar-refractivity contribution in [3.63, 3.8) is 0 Å². The molecule has 0 bridgehead atoms. The molecule has 32 heavy (non-hydrogen) atoms. The maximum atomic E-state index is 12.4. The zero-order valence-electron chi connectivity index (χ0n) is 17.3. The van der Waals surface area contributed by atoms with Crippen molar-refractivity contribution >= 4 is 34.8 Å². The number of halogens is 2. The van der Waals surface area contributed by atoms with E-state index < -0.39 is 36.9 Å². The second kappa shape index (κ2) is 10.5. The van der Waals surface area contributed by atoms with Crippen LogP contribution in [0.4, 0.5) is 5.69 Å². The third-order valence-electron chi connectivity index (χ3n) is 5.57. The summed E-state index contributed by atoms with van der Waals surface area (Å²) in [6.45, 7) is 0.554. The number of aliphatic hydroxyl groups excluding tert-OH is 5. The first kappa shape index (κ1) is 24.9. The highest BCUT2D eigenvalue weighted by Gasteiger charge is 2.34. The van der Waals surface area contributed by atoms with E-state index in [1.165, 1.54) is 0 Å². The Balaban J connectivity index is 1.82. The van der Waals surface area contributed by atoms with Crippen molar-refractivity contribution in [3.05, 3.63) is 63.1 Å². The summed E-state index contributed by atoms with van der Waals surface area (Å²) in [5, 5.41) is 51.6. The molecule has 0 saturated heterocycles. The van der Waals surface area contributed by atoms with Crippen molar-refractivity contribution in [2.45, 2.75) is 36.9 Å². The van der Waals surface area contributed by atoms with E-state index >= 15 is 0 Å². The van der Waals surface area contributed by atoms with E-state index in [1.54, 1.807) is 24.3 Å². The fourth-order valence-electron chi connectivity index (χ4n) is 3.86. The summed E-state index contributed by atoms with van der Waals surface area (Å²) >= 11 is 12.6. The Labute approximate surface area is 195 Å². The topological polar surface area (TPSA) is 133 Å². The van der Waals surface area contributed by atoms with Crippen molar-refractivity contribution in [2.24, 2.45) is 0 Å². The highest BCUT2D eigenvalue weighted by molar-refractivity contribution is 6.35. The molecule has 1 unspecified atom stereocenters. The van der Waals surface area contributed by atoms with Crippen molar-refractivity contribution in [2.75, 3.05) is 25.5 Å². The fourth-order valence-corrected chi connectivity index (χ4v) is 4.43. The van der Waals surface area contributed by atoms with E-state index in [0.29, 0.717) is 28.8 Å². The van der Waals surface area contributed by atoms with E-state index in [0.717, 1.165) is 16.7 Å². The third-order valence-corrected chi connectivity index (χ3v) is 6.13. The fraction of sp³-hybridized carbons (Fsp3) is 0.409. The Kier molecular flexibility index (Phi) is 8.13. The van der Waals surface area contributed by atoms with Crippen LogP contribution in [-0.2, 0) is 11.3 Å². The Hall–Kier alpha value is -1.75. The molecular formula is C22H26Cl2N2O6. The van der Waals surface area contributed by atoms with Gasteiger partial charge in [0.05, 0.1) is 6.61 Å². The monoisotopic (exact) mass is 484 g/mol. The molecule has 0 aliphatic carbocycles. The number of hydrogen-bond acceptors (Lipinski definition) is 7. The second-order valence-corrected chi connectivity index (χ2v) is 8.84. The summed E-state index contributed by atoms with van der Waals surface area (Å²) in [5.41, 5.74) is 3.25. The van der Waals surface area contributed by atoms with Gasteiger partial charge in [0, 0.05) is 34.7 Å². The molecule has 1 heterocycles. The molecule has 3 rings (SSSR count). The molecule has 8 nitrogen and oxygen atoms in total. The number of likely N-dealkylation sites (N-methyl/N-ethyl adjacent to an activating group) is 1. The SMILES string of the molecule is CN1Cc2c(Cl)cc(Cl)cc2C(c2cccc(NC(=O)[C@H](O)[C@@H](O)[C@H](O)[C@@H](O)CO)c2)C1. The molecule has 0 aromatic heterocycles. The number of fused-ring (bicyclic) bond motifs is 1. The maximum Gasteiger partial charge on any atom is 0.256 e. The molecule has 5 atom stereocenters. The van der Waals surface area contributed by atoms with Crippen LogP contribution >= 0.6 is 23.2 Å². The van der Waals surface area contributed by atoms with Crippen LogP contribution in [0.1, 0.15) is 22.6 Å². The number of aliphatic hydroxyl groups is 5. The highest BCUT2D eigenvalue weighted by atomic mass is 35.5. The van der Waals surface area contributed by atoms with Crippen LogP contribution in [-0.4, -0.2) is 81.0 Å². The summed E-state index contributed by atoms with van der Waals surface area (Å²) in [6.07, 6.45) is -7.59. The zero-order chi connectivity index (χ0) is 23.6. The van der Waals surface area contributed by atoms with Gasteiger partial charge in [0.2, 0.25) is 0 Å². The predicted molar refractivity (Wildman–Crippen MR) is 121 cm³/mol. The van der Waals surface area contributed by atoms with Crippen LogP contribution in [0.2, 0.25) is 10.0 Å². The van der Waals surface area contributed by atoms with Crippen molar-refractivity contribution in [1.29, 1.82) is 0 Å². The molecule has 0 saturated carbocycles. The molecule has 1 aliphatic rings. The minimum absolute atomic E-state index is 0.0613. The van der Waals surface area contributed by atoms with Gasteiger partial charge in [-0.3, -0.25) is 4.79 Å². The minimum Gasteiger partial charge on any atom is -0.394 e. The van der Waals surface area contributed by atoms with Crippen molar-refractivity contribution in [1.82, 2.24) is 4.90 Å². The number of carbonyl (C=O) groups excluding carboxylic acids is 1. The number of benzene rings is 2. The molecule has 0 spiro atoms. The van der Waals surface area contributed by atoms with Crippen LogP contribution in [0.25, 0.3) is 0 Å². The van der Waals surface area contributed by atoms with Crippen LogP contribution in [0, 0.1) is 0 Å². The number of rotatable bonds is 7. The van der Waals surface area contributed by atoms with E-state index in [2.05, 4.69) is 10.2 Å². The van der Waals surface area contributed by atoms with Crippen LogP contribution in [0.5, 0.6) is 0 Å². The molecule has 6 N–H and O–H groups in total. The Morgan fingerprint density at radius 1 is 1.16 bits per heavy atom. The Morgan fingerprint density at radius 2 is 1.88 bits per heavy atom. The third kappa shape index (κ3) is 5.41.